The van der Waals surface area contributed by atoms with Gasteiger partial charge in [0.1, 0.15) is 5.52 Å². The maximum atomic E-state index is 10.2. The van der Waals surface area contributed by atoms with E-state index < -0.39 is 0 Å². The van der Waals surface area contributed by atoms with Gasteiger partial charge in [-0.25, -0.2) is 4.98 Å². The Balaban J connectivity index is 1.72. The zero-order chi connectivity index (χ0) is 15.6. The number of fused-ring (bicyclic) bond motifs is 1. The highest BCUT2D eigenvalue weighted by molar-refractivity contribution is 5.73. The topological polar surface area (TPSA) is 79.1 Å². The Labute approximate surface area is 133 Å². The van der Waals surface area contributed by atoms with Crippen molar-refractivity contribution < 1.29 is 5.11 Å². The number of aromatic hydroxyl groups is 1. The number of anilines is 2. The maximum Gasteiger partial charge on any atom is 0.315 e. The molecule has 3 heterocycles. The number of imidazole rings is 1. The molecule has 1 saturated heterocycles. The standard InChI is InChI=1S/C16H18N6O/c23-16-19-13-11-17-15(18-12-7-3-1-4-8-12)20-14(13)22(16)21-9-5-2-6-10-21/h1,3-4,7-8,11H,2,5-6,9-10H2,(H,19,23)(H,17,18,20). The molecule has 1 aliphatic heterocycles. The summed E-state index contributed by atoms with van der Waals surface area (Å²) < 4.78 is 1.70. The molecule has 7 heteroatoms. The summed E-state index contributed by atoms with van der Waals surface area (Å²) in [6.45, 7) is 1.79. The lowest BCUT2D eigenvalue weighted by Gasteiger charge is -2.29. The van der Waals surface area contributed by atoms with Crippen LogP contribution in [-0.2, 0) is 0 Å². The van der Waals surface area contributed by atoms with Crippen molar-refractivity contribution in [2.45, 2.75) is 19.3 Å². The fourth-order valence-electron chi connectivity index (χ4n) is 2.90. The number of para-hydroxylation sites is 1. The number of aromatic nitrogens is 4. The highest BCUT2D eigenvalue weighted by Gasteiger charge is 2.19. The first-order valence-corrected chi connectivity index (χ1v) is 7.83. The summed E-state index contributed by atoms with van der Waals surface area (Å²) in [5.41, 5.74) is 2.13. The average molecular weight is 310 g/mol. The van der Waals surface area contributed by atoms with E-state index in [1.165, 1.54) is 6.42 Å². The van der Waals surface area contributed by atoms with Crippen LogP contribution < -0.4 is 10.3 Å². The second-order valence-corrected chi connectivity index (χ2v) is 5.63. The van der Waals surface area contributed by atoms with Gasteiger partial charge in [-0.3, -0.25) is 0 Å². The maximum absolute atomic E-state index is 10.2. The number of hydrogen-bond donors (Lipinski definition) is 2. The van der Waals surface area contributed by atoms with E-state index in [-0.39, 0.29) is 6.01 Å². The number of piperidine rings is 1. The van der Waals surface area contributed by atoms with E-state index >= 15 is 0 Å². The number of nitrogens with one attached hydrogen (secondary N) is 1. The highest BCUT2D eigenvalue weighted by atomic mass is 16.3. The molecule has 4 rings (SSSR count). The monoisotopic (exact) mass is 310 g/mol. The average Bonchev–Trinajstić information content (AvgIpc) is 2.92. The minimum absolute atomic E-state index is 0.0342. The summed E-state index contributed by atoms with van der Waals surface area (Å²) in [7, 11) is 0. The molecular formula is C16H18N6O. The van der Waals surface area contributed by atoms with Crippen LogP contribution in [0.5, 0.6) is 6.01 Å². The first kappa shape index (κ1) is 13.8. The fourth-order valence-corrected chi connectivity index (χ4v) is 2.90. The highest BCUT2D eigenvalue weighted by Crippen LogP contribution is 2.22. The van der Waals surface area contributed by atoms with Gasteiger partial charge in [0.2, 0.25) is 5.95 Å². The van der Waals surface area contributed by atoms with Crippen molar-refractivity contribution in [2.24, 2.45) is 0 Å². The van der Waals surface area contributed by atoms with Crippen LogP contribution in [0.2, 0.25) is 0 Å². The van der Waals surface area contributed by atoms with Gasteiger partial charge in [0, 0.05) is 18.8 Å². The molecule has 0 aliphatic carbocycles. The van der Waals surface area contributed by atoms with Gasteiger partial charge in [-0.2, -0.15) is 14.6 Å². The first-order valence-electron chi connectivity index (χ1n) is 7.83. The van der Waals surface area contributed by atoms with Crippen molar-refractivity contribution in [1.82, 2.24) is 19.6 Å². The zero-order valence-corrected chi connectivity index (χ0v) is 12.7. The molecule has 23 heavy (non-hydrogen) atoms. The molecule has 0 unspecified atom stereocenters. The third kappa shape index (κ3) is 2.65. The molecule has 1 aliphatic rings. The summed E-state index contributed by atoms with van der Waals surface area (Å²) in [4.78, 5) is 13.0. The molecule has 0 spiro atoms. The number of nitrogens with zero attached hydrogens (tertiary/aromatic N) is 5. The van der Waals surface area contributed by atoms with Crippen molar-refractivity contribution in [2.75, 3.05) is 23.4 Å². The Kier molecular flexibility index (Phi) is 3.45. The van der Waals surface area contributed by atoms with Gasteiger partial charge >= 0.3 is 6.01 Å². The van der Waals surface area contributed by atoms with Crippen LogP contribution in [0.1, 0.15) is 19.3 Å². The Morgan fingerprint density at radius 1 is 1.00 bits per heavy atom. The largest absolute Gasteiger partial charge is 0.479 e. The molecule has 2 aromatic heterocycles. The van der Waals surface area contributed by atoms with Crippen LogP contribution in [0.15, 0.2) is 36.5 Å². The van der Waals surface area contributed by atoms with Crippen LogP contribution in [0, 0.1) is 0 Å². The molecule has 7 nitrogen and oxygen atoms in total. The van der Waals surface area contributed by atoms with Crippen molar-refractivity contribution in [3.63, 3.8) is 0 Å². The van der Waals surface area contributed by atoms with Gasteiger partial charge < -0.3 is 15.4 Å². The third-order valence-corrected chi connectivity index (χ3v) is 4.01. The number of hydrogen-bond acceptors (Lipinski definition) is 6. The molecule has 2 N–H and O–H groups in total. The van der Waals surface area contributed by atoms with E-state index in [4.69, 9.17) is 0 Å². The fraction of sp³-hybridized carbons (Fsp3) is 0.312. The summed E-state index contributed by atoms with van der Waals surface area (Å²) in [5.74, 6) is 0.488. The molecule has 0 radical (unpaired) electrons. The van der Waals surface area contributed by atoms with E-state index in [2.05, 4.69) is 25.3 Å². The predicted octanol–water partition coefficient (Wildman–Crippen LogP) is 2.40. The Morgan fingerprint density at radius 2 is 1.78 bits per heavy atom. The van der Waals surface area contributed by atoms with Gasteiger partial charge in [0.25, 0.3) is 0 Å². The van der Waals surface area contributed by atoms with E-state index in [0.717, 1.165) is 31.6 Å². The normalized spacial score (nSPS) is 15.0. The van der Waals surface area contributed by atoms with Gasteiger partial charge in [0.15, 0.2) is 5.65 Å². The lowest BCUT2D eigenvalue weighted by Crippen LogP contribution is -2.38. The van der Waals surface area contributed by atoms with E-state index in [1.807, 2.05) is 30.3 Å². The van der Waals surface area contributed by atoms with Gasteiger partial charge in [-0.1, -0.05) is 18.2 Å². The predicted molar refractivity (Wildman–Crippen MR) is 88.5 cm³/mol. The molecule has 1 aromatic carbocycles. The number of rotatable bonds is 3. The van der Waals surface area contributed by atoms with Gasteiger partial charge in [0.05, 0.1) is 6.20 Å². The van der Waals surface area contributed by atoms with Crippen LogP contribution >= 0.6 is 0 Å². The lowest BCUT2D eigenvalue weighted by atomic mass is 10.2. The molecule has 3 aromatic rings. The number of benzene rings is 1. The van der Waals surface area contributed by atoms with Crippen molar-refractivity contribution in [1.29, 1.82) is 0 Å². The molecule has 0 saturated carbocycles. The molecule has 0 bridgehead atoms. The van der Waals surface area contributed by atoms with Crippen molar-refractivity contribution in [3.8, 4) is 6.01 Å². The minimum Gasteiger partial charge on any atom is -0.479 e. The third-order valence-electron chi connectivity index (χ3n) is 4.01. The van der Waals surface area contributed by atoms with Crippen LogP contribution in [-0.4, -0.2) is 37.8 Å². The quantitative estimate of drug-likeness (QED) is 0.773. The summed E-state index contributed by atoms with van der Waals surface area (Å²) >= 11 is 0. The van der Waals surface area contributed by atoms with Crippen LogP contribution in [0.25, 0.3) is 11.2 Å². The van der Waals surface area contributed by atoms with E-state index in [0.29, 0.717) is 17.1 Å². The van der Waals surface area contributed by atoms with Crippen LogP contribution in [0.3, 0.4) is 0 Å². The van der Waals surface area contributed by atoms with E-state index in [9.17, 15) is 5.11 Å². The minimum atomic E-state index is -0.0342. The van der Waals surface area contributed by atoms with Gasteiger partial charge in [-0.15, -0.1) is 0 Å². The molecule has 0 atom stereocenters. The molecule has 1 fully saturated rings. The van der Waals surface area contributed by atoms with Crippen molar-refractivity contribution >= 4 is 22.8 Å². The van der Waals surface area contributed by atoms with Crippen LogP contribution in [0.4, 0.5) is 11.6 Å². The lowest BCUT2D eigenvalue weighted by molar-refractivity contribution is 0.376. The van der Waals surface area contributed by atoms with Crippen molar-refractivity contribution in [3.05, 3.63) is 36.5 Å². The second kappa shape index (κ2) is 5.75. The Hall–Kier alpha value is -2.83. The SMILES string of the molecule is Oc1nc2cnc(Nc3ccccc3)nc2n1N1CCCCC1. The zero-order valence-electron chi connectivity index (χ0n) is 12.7. The smallest absolute Gasteiger partial charge is 0.315 e. The Bertz CT molecular complexity index is 810. The summed E-state index contributed by atoms with van der Waals surface area (Å²) in [6.07, 6.45) is 5.08. The Morgan fingerprint density at radius 3 is 2.57 bits per heavy atom. The molecular weight excluding hydrogens is 292 g/mol. The summed E-state index contributed by atoms with van der Waals surface area (Å²) in [5, 5.41) is 15.5. The van der Waals surface area contributed by atoms with Gasteiger partial charge in [-0.05, 0) is 31.4 Å². The first-order chi connectivity index (χ1) is 11.3. The summed E-state index contributed by atoms with van der Waals surface area (Å²) in [6, 6.07) is 9.72. The molecule has 118 valence electrons. The van der Waals surface area contributed by atoms with E-state index in [1.54, 1.807) is 10.9 Å². The second-order valence-electron chi connectivity index (χ2n) is 5.63. The molecule has 0 amide bonds.